The van der Waals surface area contributed by atoms with E-state index in [4.69, 9.17) is 14.2 Å². The average Bonchev–Trinajstić information content (AvgIpc) is 2.45. The highest BCUT2D eigenvalue weighted by atomic mass is 16.9. The molecule has 0 unspecified atom stereocenters. The molecule has 116 valence electrons. The zero-order valence-corrected chi connectivity index (χ0v) is 13.5. The van der Waals surface area contributed by atoms with E-state index < -0.39 is 5.97 Å². The first-order valence-corrected chi connectivity index (χ1v) is 7.99. The Morgan fingerprint density at radius 1 is 0.684 bits per heavy atom. The lowest BCUT2D eigenvalue weighted by atomic mass is 10.1. The fourth-order valence-electron chi connectivity index (χ4n) is 2.15. The summed E-state index contributed by atoms with van der Waals surface area (Å²) in [5, 5.41) is 0. The topological polar surface area (TPSA) is 27.7 Å². The molecule has 19 heavy (non-hydrogen) atoms. The van der Waals surface area contributed by atoms with Gasteiger partial charge >= 0.3 is 0 Å². The zero-order chi connectivity index (χ0) is 14.4. The van der Waals surface area contributed by atoms with Crippen LogP contribution in [0.3, 0.4) is 0 Å². The molecule has 0 aliphatic rings. The molecule has 0 aliphatic carbocycles. The lowest BCUT2D eigenvalue weighted by Crippen LogP contribution is -2.37. The largest absolute Gasteiger partial charge is 0.331 e. The smallest absolute Gasteiger partial charge is 0.282 e. The Morgan fingerprint density at radius 2 is 1.21 bits per heavy atom. The van der Waals surface area contributed by atoms with Gasteiger partial charge < -0.3 is 14.2 Å². The molecule has 0 atom stereocenters. The third-order valence-corrected chi connectivity index (χ3v) is 3.53. The summed E-state index contributed by atoms with van der Waals surface area (Å²) in [6.45, 7) is 5.11. The first kappa shape index (κ1) is 18.9. The molecule has 0 rings (SSSR count). The molecule has 3 nitrogen and oxygen atoms in total. The van der Waals surface area contributed by atoms with E-state index in [2.05, 4.69) is 13.8 Å². The van der Waals surface area contributed by atoms with Gasteiger partial charge in [-0.15, -0.1) is 0 Å². The molecule has 0 saturated heterocycles. The van der Waals surface area contributed by atoms with Gasteiger partial charge in [0, 0.05) is 20.6 Å². The minimum absolute atomic E-state index is 0.703. The summed E-state index contributed by atoms with van der Waals surface area (Å²) >= 11 is 0. The first-order chi connectivity index (χ1) is 9.24. The Balaban J connectivity index is 3.74. The van der Waals surface area contributed by atoms with Crippen molar-refractivity contribution in [2.75, 3.05) is 20.8 Å². The fourth-order valence-corrected chi connectivity index (χ4v) is 2.15. The van der Waals surface area contributed by atoms with Crippen LogP contribution in [0.15, 0.2) is 0 Å². The number of methoxy groups -OCH3 is 2. The maximum atomic E-state index is 5.77. The van der Waals surface area contributed by atoms with Crippen molar-refractivity contribution < 1.29 is 14.2 Å². The summed E-state index contributed by atoms with van der Waals surface area (Å²) in [7, 11) is 3.33. The van der Waals surface area contributed by atoms with E-state index in [1.165, 1.54) is 38.5 Å². The van der Waals surface area contributed by atoms with Crippen LogP contribution >= 0.6 is 0 Å². The van der Waals surface area contributed by atoms with Gasteiger partial charge in [-0.3, -0.25) is 0 Å². The van der Waals surface area contributed by atoms with Gasteiger partial charge in [-0.2, -0.15) is 0 Å². The highest BCUT2D eigenvalue weighted by Crippen LogP contribution is 2.22. The molecule has 0 amide bonds. The van der Waals surface area contributed by atoms with Crippen LogP contribution in [0.25, 0.3) is 0 Å². The molecule has 0 bridgehead atoms. The van der Waals surface area contributed by atoms with Crippen molar-refractivity contribution in [3.8, 4) is 0 Å². The molecule has 0 aromatic carbocycles. The minimum atomic E-state index is -0.821. The van der Waals surface area contributed by atoms with Crippen LogP contribution in [0.4, 0.5) is 0 Å². The molecule has 0 aromatic heterocycles. The normalized spacial score (nSPS) is 12.0. The molecule has 0 aliphatic heterocycles. The van der Waals surface area contributed by atoms with Crippen LogP contribution in [0, 0.1) is 0 Å². The number of ether oxygens (including phenoxy) is 3. The minimum Gasteiger partial charge on any atom is -0.331 e. The summed E-state index contributed by atoms with van der Waals surface area (Å²) in [5.41, 5.74) is 0. The third kappa shape index (κ3) is 9.42. The van der Waals surface area contributed by atoms with Gasteiger partial charge in [-0.1, -0.05) is 58.8 Å². The van der Waals surface area contributed by atoms with E-state index in [1.54, 1.807) is 14.2 Å². The highest BCUT2D eigenvalue weighted by Gasteiger charge is 2.29. The number of rotatable bonds is 14. The monoisotopic (exact) mass is 274 g/mol. The van der Waals surface area contributed by atoms with Crippen molar-refractivity contribution in [2.45, 2.75) is 84.0 Å². The molecular weight excluding hydrogens is 240 g/mol. The van der Waals surface area contributed by atoms with Crippen molar-refractivity contribution >= 4 is 0 Å². The van der Waals surface area contributed by atoms with Gasteiger partial charge in [-0.05, 0) is 12.8 Å². The van der Waals surface area contributed by atoms with Crippen LogP contribution in [0.1, 0.15) is 78.1 Å². The van der Waals surface area contributed by atoms with Gasteiger partial charge in [0.1, 0.15) is 0 Å². The molecule has 0 saturated carbocycles. The second-order valence-corrected chi connectivity index (χ2v) is 5.16. The maximum absolute atomic E-state index is 5.77. The summed E-state index contributed by atoms with van der Waals surface area (Å²) in [6.07, 6.45) is 12.0. The third-order valence-electron chi connectivity index (χ3n) is 3.53. The molecule has 0 aromatic rings. The molecular formula is C16H34O3. The second-order valence-electron chi connectivity index (χ2n) is 5.16. The molecule has 3 heteroatoms. The van der Waals surface area contributed by atoms with Gasteiger partial charge in [0.2, 0.25) is 0 Å². The molecule has 0 heterocycles. The Bertz CT molecular complexity index is 179. The van der Waals surface area contributed by atoms with Crippen LogP contribution in [0.2, 0.25) is 0 Å². The molecule has 0 N–H and O–H groups in total. The lowest BCUT2D eigenvalue weighted by Gasteiger charge is -2.30. The summed E-state index contributed by atoms with van der Waals surface area (Å²) in [4.78, 5) is 0. The van der Waals surface area contributed by atoms with E-state index in [0.717, 1.165) is 25.7 Å². The Hall–Kier alpha value is -0.120. The predicted octanol–water partition coefficient (Wildman–Crippen LogP) is 4.89. The highest BCUT2D eigenvalue weighted by molar-refractivity contribution is 4.58. The Kier molecular flexibility index (Phi) is 12.8. The SMILES string of the molecule is CCCCCCCCCC(OC)(OC)OCCCC. The predicted molar refractivity (Wildman–Crippen MR) is 80.2 cm³/mol. The van der Waals surface area contributed by atoms with E-state index in [1.807, 2.05) is 0 Å². The lowest BCUT2D eigenvalue weighted by molar-refractivity contribution is -0.365. The van der Waals surface area contributed by atoms with Gasteiger partial charge in [0.05, 0.1) is 6.61 Å². The summed E-state index contributed by atoms with van der Waals surface area (Å²) < 4.78 is 16.6. The number of unbranched alkanes of at least 4 members (excludes halogenated alkanes) is 7. The van der Waals surface area contributed by atoms with Crippen LogP contribution in [0.5, 0.6) is 0 Å². The van der Waals surface area contributed by atoms with E-state index in [9.17, 15) is 0 Å². The van der Waals surface area contributed by atoms with Crippen molar-refractivity contribution in [2.24, 2.45) is 0 Å². The van der Waals surface area contributed by atoms with E-state index in [-0.39, 0.29) is 0 Å². The molecule has 0 fully saturated rings. The zero-order valence-electron chi connectivity index (χ0n) is 13.5. The van der Waals surface area contributed by atoms with Gasteiger partial charge in [0.25, 0.3) is 5.97 Å². The van der Waals surface area contributed by atoms with Gasteiger partial charge in [-0.25, -0.2) is 0 Å². The van der Waals surface area contributed by atoms with Crippen LogP contribution in [-0.2, 0) is 14.2 Å². The number of hydrogen-bond acceptors (Lipinski definition) is 3. The quantitative estimate of drug-likeness (QED) is 0.333. The molecule has 0 spiro atoms. The fraction of sp³-hybridized carbons (Fsp3) is 1.00. The van der Waals surface area contributed by atoms with E-state index >= 15 is 0 Å². The van der Waals surface area contributed by atoms with E-state index in [0.29, 0.717) is 6.61 Å². The molecule has 0 radical (unpaired) electrons. The van der Waals surface area contributed by atoms with Crippen LogP contribution in [-0.4, -0.2) is 26.8 Å². The van der Waals surface area contributed by atoms with Crippen LogP contribution < -0.4 is 0 Å². The maximum Gasteiger partial charge on any atom is 0.282 e. The average molecular weight is 274 g/mol. The van der Waals surface area contributed by atoms with Crippen molar-refractivity contribution in [1.82, 2.24) is 0 Å². The van der Waals surface area contributed by atoms with Crippen molar-refractivity contribution in [1.29, 1.82) is 0 Å². The Morgan fingerprint density at radius 3 is 1.74 bits per heavy atom. The van der Waals surface area contributed by atoms with Crippen molar-refractivity contribution in [3.05, 3.63) is 0 Å². The van der Waals surface area contributed by atoms with Crippen molar-refractivity contribution in [3.63, 3.8) is 0 Å². The Labute approximate surface area is 120 Å². The van der Waals surface area contributed by atoms with Gasteiger partial charge in [0.15, 0.2) is 0 Å². The number of hydrogen-bond donors (Lipinski definition) is 0. The first-order valence-electron chi connectivity index (χ1n) is 7.99. The summed E-state index contributed by atoms with van der Waals surface area (Å²) in [5.74, 6) is -0.821. The second kappa shape index (κ2) is 12.9. The standard InChI is InChI=1S/C16H34O3/c1-5-7-9-10-11-12-13-14-16(17-3,18-4)19-15-8-6-2/h5-15H2,1-4H3. The summed E-state index contributed by atoms with van der Waals surface area (Å²) in [6, 6.07) is 0.